The smallest absolute Gasteiger partial charge is 0.407 e. The van der Waals surface area contributed by atoms with Gasteiger partial charge in [0, 0.05) is 34.1 Å². The number of fused-ring (bicyclic) bond motifs is 1. The van der Waals surface area contributed by atoms with Crippen LogP contribution in [0, 0.1) is 12.8 Å². The van der Waals surface area contributed by atoms with Crippen LogP contribution in [-0.2, 0) is 9.53 Å². The molecule has 9 heteroatoms. The highest BCUT2D eigenvalue weighted by Crippen LogP contribution is 2.34. The van der Waals surface area contributed by atoms with E-state index in [1.54, 1.807) is 0 Å². The highest BCUT2D eigenvalue weighted by atomic mass is 79.9. The van der Waals surface area contributed by atoms with E-state index in [4.69, 9.17) is 0 Å². The number of hydrogen-bond donors (Lipinski definition) is 4. The second-order valence-corrected chi connectivity index (χ2v) is 9.54. The van der Waals surface area contributed by atoms with E-state index in [0.29, 0.717) is 6.54 Å². The van der Waals surface area contributed by atoms with Gasteiger partial charge in [-0.1, -0.05) is 36.7 Å². The molecular formula is C24H32BrN5O3. The number of amides is 2. The zero-order valence-corrected chi connectivity index (χ0v) is 21.3. The van der Waals surface area contributed by atoms with E-state index in [2.05, 4.69) is 72.2 Å². The van der Waals surface area contributed by atoms with Gasteiger partial charge in [0.2, 0.25) is 5.91 Å². The maximum absolute atomic E-state index is 12.4. The molecule has 0 aliphatic heterocycles. The predicted molar refractivity (Wildman–Crippen MR) is 133 cm³/mol. The highest BCUT2D eigenvalue weighted by molar-refractivity contribution is 9.10. The Hall–Kier alpha value is -2.81. The van der Waals surface area contributed by atoms with Crippen LogP contribution >= 0.6 is 15.9 Å². The van der Waals surface area contributed by atoms with E-state index in [-0.39, 0.29) is 17.7 Å². The summed E-state index contributed by atoms with van der Waals surface area (Å²) in [5, 5.41) is 6.67. The van der Waals surface area contributed by atoms with Crippen molar-refractivity contribution in [3.05, 3.63) is 40.4 Å². The average molecular weight is 518 g/mol. The summed E-state index contributed by atoms with van der Waals surface area (Å²) in [6.07, 6.45) is 4.94. The number of aromatic amines is 2. The number of aromatic nitrogens is 3. The van der Waals surface area contributed by atoms with Crippen LogP contribution in [0.4, 0.5) is 4.79 Å². The molecule has 0 spiro atoms. The third-order valence-electron chi connectivity index (χ3n) is 5.86. The minimum Gasteiger partial charge on any atom is -0.453 e. The molecular weight excluding hydrogens is 486 g/mol. The van der Waals surface area contributed by atoms with E-state index in [1.165, 1.54) is 18.1 Å². The largest absolute Gasteiger partial charge is 0.453 e. The van der Waals surface area contributed by atoms with Gasteiger partial charge in [-0.05, 0) is 43.4 Å². The molecule has 0 saturated carbocycles. The molecule has 0 radical (unpaired) electrons. The molecule has 0 aliphatic rings. The molecule has 0 fully saturated rings. The Balaban J connectivity index is 1.56. The highest BCUT2D eigenvalue weighted by Gasteiger charge is 2.24. The van der Waals surface area contributed by atoms with Gasteiger partial charge in [-0.2, -0.15) is 0 Å². The molecule has 0 saturated heterocycles. The molecule has 3 rings (SSSR count). The third kappa shape index (κ3) is 5.76. The Bertz CT molecular complexity index is 1120. The van der Waals surface area contributed by atoms with Crippen LogP contribution in [0.2, 0.25) is 0 Å². The van der Waals surface area contributed by atoms with Crippen LogP contribution in [0.25, 0.3) is 22.2 Å². The minimum absolute atomic E-state index is 0.0434. The normalized spacial score (nSPS) is 13.2. The van der Waals surface area contributed by atoms with Gasteiger partial charge in [-0.3, -0.25) is 4.79 Å². The molecule has 2 heterocycles. The number of halogens is 1. The molecule has 4 N–H and O–H groups in total. The number of imidazole rings is 1. The number of hydrogen-bond acceptors (Lipinski definition) is 4. The number of rotatable bonds is 9. The van der Waals surface area contributed by atoms with Crippen LogP contribution in [0.15, 0.2) is 29.0 Å². The number of benzene rings is 1. The van der Waals surface area contributed by atoms with Crippen molar-refractivity contribution in [2.75, 3.05) is 13.7 Å². The second kappa shape index (κ2) is 10.9. The summed E-state index contributed by atoms with van der Waals surface area (Å²) in [5.74, 6) is 0.881. The van der Waals surface area contributed by atoms with Crippen molar-refractivity contribution in [2.24, 2.45) is 5.92 Å². The first-order valence-electron chi connectivity index (χ1n) is 11.2. The number of ether oxygens (including phenoxy) is 1. The lowest BCUT2D eigenvalue weighted by Crippen LogP contribution is -2.49. The Kier molecular flexibility index (Phi) is 8.18. The van der Waals surface area contributed by atoms with Crippen molar-refractivity contribution in [2.45, 2.75) is 52.5 Å². The van der Waals surface area contributed by atoms with Crippen molar-refractivity contribution >= 4 is 38.8 Å². The number of alkyl carbamates (subject to hydrolysis) is 1. The fraction of sp³-hybridized carbons (Fsp3) is 0.458. The lowest BCUT2D eigenvalue weighted by molar-refractivity contribution is -0.124. The molecule has 0 aliphatic carbocycles. The van der Waals surface area contributed by atoms with Crippen molar-refractivity contribution in [3.8, 4) is 11.3 Å². The Morgan fingerprint density at radius 2 is 2.00 bits per heavy atom. The number of H-pyrrole nitrogens is 2. The Morgan fingerprint density at radius 1 is 1.24 bits per heavy atom. The van der Waals surface area contributed by atoms with Gasteiger partial charge in [0.1, 0.15) is 11.9 Å². The monoisotopic (exact) mass is 517 g/mol. The maximum atomic E-state index is 12.4. The summed E-state index contributed by atoms with van der Waals surface area (Å²) < 4.78 is 5.67. The summed E-state index contributed by atoms with van der Waals surface area (Å²) in [5.41, 5.74) is 4.32. The fourth-order valence-electron chi connectivity index (χ4n) is 3.90. The van der Waals surface area contributed by atoms with Crippen LogP contribution in [0.5, 0.6) is 0 Å². The van der Waals surface area contributed by atoms with Crippen molar-refractivity contribution in [1.29, 1.82) is 0 Å². The number of carbonyl (C=O) groups is 2. The molecule has 178 valence electrons. The van der Waals surface area contributed by atoms with Gasteiger partial charge in [-0.25, -0.2) is 9.78 Å². The van der Waals surface area contributed by atoms with Crippen LogP contribution in [-0.4, -0.2) is 46.6 Å². The Morgan fingerprint density at radius 3 is 2.70 bits per heavy atom. The molecule has 1 aromatic carbocycles. The maximum Gasteiger partial charge on any atom is 0.407 e. The van der Waals surface area contributed by atoms with Gasteiger partial charge in [0.05, 0.1) is 24.5 Å². The number of carbonyl (C=O) groups excluding carboxylic acids is 2. The zero-order valence-electron chi connectivity index (χ0n) is 19.7. The molecule has 2 aromatic heterocycles. The SMILES string of the molecule is COC(=O)N[C@H](C(=O)NCCC[C@@H](C)c1ncc(-c2ccc(Br)c3c(C)c[nH]c23)[nH]1)C(C)C. The lowest BCUT2D eigenvalue weighted by Gasteiger charge is -2.21. The zero-order chi connectivity index (χ0) is 24.1. The molecule has 33 heavy (non-hydrogen) atoms. The molecule has 2 atom stereocenters. The third-order valence-corrected chi connectivity index (χ3v) is 6.52. The fourth-order valence-corrected chi connectivity index (χ4v) is 4.54. The predicted octanol–water partition coefficient (Wildman–Crippen LogP) is 5.01. The van der Waals surface area contributed by atoms with Crippen LogP contribution in [0.1, 0.15) is 50.9 Å². The summed E-state index contributed by atoms with van der Waals surface area (Å²) in [4.78, 5) is 35.4. The molecule has 8 nitrogen and oxygen atoms in total. The van der Waals surface area contributed by atoms with Gasteiger partial charge in [-0.15, -0.1) is 0 Å². The van der Waals surface area contributed by atoms with Crippen molar-refractivity contribution in [1.82, 2.24) is 25.6 Å². The summed E-state index contributed by atoms with van der Waals surface area (Å²) in [7, 11) is 1.28. The van der Waals surface area contributed by atoms with E-state index in [0.717, 1.165) is 39.9 Å². The van der Waals surface area contributed by atoms with Gasteiger partial charge in [0.15, 0.2) is 0 Å². The molecule has 3 aromatic rings. The first kappa shape index (κ1) is 24.8. The van der Waals surface area contributed by atoms with Crippen LogP contribution < -0.4 is 10.6 Å². The second-order valence-electron chi connectivity index (χ2n) is 8.69. The quantitative estimate of drug-likeness (QED) is 0.299. The molecule has 0 bridgehead atoms. The molecule has 2 amide bonds. The minimum atomic E-state index is -0.623. The van der Waals surface area contributed by atoms with Crippen molar-refractivity contribution < 1.29 is 14.3 Å². The van der Waals surface area contributed by atoms with Gasteiger partial charge in [0.25, 0.3) is 0 Å². The van der Waals surface area contributed by atoms with Gasteiger partial charge < -0.3 is 25.3 Å². The van der Waals surface area contributed by atoms with E-state index in [1.807, 2.05) is 26.2 Å². The Labute approximate surface area is 202 Å². The van der Waals surface area contributed by atoms with E-state index < -0.39 is 12.1 Å². The summed E-state index contributed by atoms with van der Waals surface area (Å²) in [6.45, 7) is 8.49. The first-order chi connectivity index (χ1) is 15.7. The topological polar surface area (TPSA) is 112 Å². The first-order valence-corrected chi connectivity index (χ1v) is 12.0. The summed E-state index contributed by atoms with van der Waals surface area (Å²) in [6, 6.07) is 3.51. The average Bonchev–Trinajstić information content (AvgIpc) is 3.42. The number of aryl methyl sites for hydroxylation is 1. The van der Waals surface area contributed by atoms with Crippen LogP contribution in [0.3, 0.4) is 0 Å². The number of methoxy groups -OCH3 is 1. The van der Waals surface area contributed by atoms with E-state index >= 15 is 0 Å². The number of nitrogens with one attached hydrogen (secondary N) is 4. The van der Waals surface area contributed by atoms with Gasteiger partial charge >= 0.3 is 6.09 Å². The van der Waals surface area contributed by atoms with E-state index in [9.17, 15) is 9.59 Å². The summed E-state index contributed by atoms with van der Waals surface area (Å²) >= 11 is 3.64. The lowest BCUT2D eigenvalue weighted by atomic mass is 10.0. The number of nitrogens with zero attached hydrogens (tertiary/aromatic N) is 1. The molecule has 0 unspecified atom stereocenters. The standard InChI is InChI=1S/C24H32BrN5O3/c1-13(2)20(30-24(32)33-5)23(31)26-10-6-7-14(3)22-28-12-18(29-22)16-8-9-17(25)19-15(4)11-27-21(16)19/h8-9,11-14,20,27H,6-7,10H2,1-5H3,(H,26,31)(H,28,29)(H,30,32)/t14-,20+/m1/s1. The van der Waals surface area contributed by atoms with Crippen molar-refractivity contribution in [3.63, 3.8) is 0 Å².